The first-order valence-corrected chi connectivity index (χ1v) is 6.99. The van der Waals surface area contributed by atoms with E-state index in [9.17, 15) is 9.90 Å². The number of aromatic hydroxyl groups is 1. The number of hydrogen-bond donors (Lipinski definition) is 1. The Bertz CT molecular complexity index is 505. The van der Waals surface area contributed by atoms with Gasteiger partial charge in [-0.2, -0.15) is 0 Å². The number of amides is 1. The number of carbonyl (C=O) groups is 1. The van der Waals surface area contributed by atoms with Gasteiger partial charge in [-0.25, -0.2) is 0 Å². The highest BCUT2D eigenvalue weighted by Gasteiger charge is 2.34. The lowest BCUT2D eigenvalue weighted by molar-refractivity contribution is 0.0776. The van der Waals surface area contributed by atoms with Crippen molar-refractivity contribution in [3.05, 3.63) is 23.8 Å². The quantitative estimate of drug-likeness (QED) is 0.904. The molecular formula is C16H23NO3. The largest absolute Gasteiger partial charge is 0.504 e. The fraction of sp³-hybridized carbons (Fsp3) is 0.562. The average molecular weight is 277 g/mol. The highest BCUT2D eigenvalue weighted by molar-refractivity contribution is 5.95. The van der Waals surface area contributed by atoms with Gasteiger partial charge in [0, 0.05) is 18.7 Å². The van der Waals surface area contributed by atoms with Crippen LogP contribution in [0.3, 0.4) is 0 Å². The SMILES string of the molecule is COc1ccc(C(=O)N2CCC(C(C)(C)C)C2)cc1O. The number of phenols is 1. The molecule has 4 heteroatoms. The Morgan fingerprint density at radius 3 is 2.60 bits per heavy atom. The van der Waals surface area contributed by atoms with E-state index >= 15 is 0 Å². The molecule has 0 bridgehead atoms. The van der Waals surface area contributed by atoms with Crippen LogP contribution >= 0.6 is 0 Å². The molecule has 1 aliphatic rings. The Balaban J connectivity index is 2.11. The second-order valence-electron chi connectivity index (χ2n) is 6.49. The minimum atomic E-state index is -0.0188. The molecule has 0 radical (unpaired) electrons. The summed E-state index contributed by atoms with van der Waals surface area (Å²) in [6.45, 7) is 8.21. The smallest absolute Gasteiger partial charge is 0.254 e. The van der Waals surface area contributed by atoms with Gasteiger partial charge in [0.05, 0.1) is 7.11 Å². The molecule has 1 aromatic rings. The first-order valence-electron chi connectivity index (χ1n) is 6.99. The molecule has 2 rings (SSSR count). The molecule has 1 heterocycles. The van der Waals surface area contributed by atoms with Gasteiger partial charge in [-0.1, -0.05) is 20.8 Å². The Kier molecular flexibility index (Phi) is 3.93. The second-order valence-corrected chi connectivity index (χ2v) is 6.49. The van der Waals surface area contributed by atoms with E-state index < -0.39 is 0 Å². The molecule has 0 spiro atoms. The molecule has 20 heavy (non-hydrogen) atoms. The fourth-order valence-corrected chi connectivity index (χ4v) is 2.66. The summed E-state index contributed by atoms with van der Waals surface area (Å²) in [7, 11) is 1.49. The predicted molar refractivity (Wildman–Crippen MR) is 78.1 cm³/mol. The number of likely N-dealkylation sites (tertiary alicyclic amines) is 1. The van der Waals surface area contributed by atoms with E-state index in [1.54, 1.807) is 12.1 Å². The van der Waals surface area contributed by atoms with Gasteiger partial charge in [0.25, 0.3) is 5.91 Å². The van der Waals surface area contributed by atoms with Crippen LogP contribution in [0, 0.1) is 11.3 Å². The lowest BCUT2D eigenvalue weighted by Gasteiger charge is -2.27. The Morgan fingerprint density at radius 1 is 1.40 bits per heavy atom. The van der Waals surface area contributed by atoms with Crippen LogP contribution in [0.4, 0.5) is 0 Å². The highest BCUT2D eigenvalue weighted by atomic mass is 16.5. The van der Waals surface area contributed by atoms with E-state index in [0.29, 0.717) is 17.2 Å². The summed E-state index contributed by atoms with van der Waals surface area (Å²) in [5.41, 5.74) is 0.731. The fourth-order valence-electron chi connectivity index (χ4n) is 2.66. The van der Waals surface area contributed by atoms with Crippen LogP contribution in [0.2, 0.25) is 0 Å². The van der Waals surface area contributed by atoms with Gasteiger partial charge in [-0.15, -0.1) is 0 Å². The van der Waals surface area contributed by atoms with Crippen molar-refractivity contribution in [2.75, 3.05) is 20.2 Å². The third-order valence-corrected chi connectivity index (χ3v) is 4.13. The minimum Gasteiger partial charge on any atom is -0.504 e. The zero-order valence-electron chi connectivity index (χ0n) is 12.6. The van der Waals surface area contributed by atoms with E-state index in [2.05, 4.69) is 20.8 Å². The lowest BCUT2D eigenvalue weighted by atomic mass is 9.80. The van der Waals surface area contributed by atoms with E-state index in [1.165, 1.54) is 13.2 Å². The molecule has 110 valence electrons. The number of phenolic OH excluding ortho intramolecular Hbond substituents is 1. The maximum Gasteiger partial charge on any atom is 0.254 e. The summed E-state index contributed by atoms with van der Waals surface area (Å²) in [5, 5.41) is 9.77. The first kappa shape index (κ1) is 14.7. The first-order chi connectivity index (χ1) is 9.32. The number of rotatable bonds is 2. The van der Waals surface area contributed by atoms with E-state index in [4.69, 9.17) is 4.74 Å². The summed E-state index contributed by atoms with van der Waals surface area (Å²) in [6.07, 6.45) is 1.04. The van der Waals surface area contributed by atoms with Crippen LogP contribution in [0.25, 0.3) is 0 Å². The van der Waals surface area contributed by atoms with Crippen LogP contribution in [0.1, 0.15) is 37.6 Å². The van der Waals surface area contributed by atoms with E-state index in [-0.39, 0.29) is 17.1 Å². The Morgan fingerprint density at radius 2 is 2.10 bits per heavy atom. The van der Waals surface area contributed by atoms with Crippen molar-refractivity contribution in [1.29, 1.82) is 0 Å². The molecular weight excluding hydrogens is 254 g/mol. The summed E-state index contributed by atoms with van der Waals surface area (Å²) >= 11 is 0. The normalized spacial score (nSPS) is 19.2. The monoisotopic (exact) mass is 277 g/mol. The molecule has 1 fully saturated rings. The third kappa shape index (κ3) is 2.89. The van der Waals surface area contributed by atoms with Crippen LogP contribution in [0.5, 0.6) is 11.5 Å². The summed E-state index contributed by atoms with van der Waals surface area (Å²) in [5.74, 6) is 0.897. The number of ether oxygens (including phenoxy) is 1. The van der Waals surface area contributed by atoms with Crippen LogP contribution in [-0.4, -0.2) is 36.1 Å². The van der Waals surface area contributed by atoms with Gasteiger partial charge in [0.15, 0.2) is 11.5 Å². The number of benzene rings is 1. The summed E-state index contributed by atoms with van der Waals surface area (Å²) in [4.78, 5) is 14.3. The number of methoxy groups -OCH3 is 1. The van der Waals surface area contributed by atoms with Gasteiger partial charge in [0.1, 0.15) is 0 Å². The molecule has 1 atom stereocenters. The molecule has 0 aromatic heterocycles. The minimum absolute atomic E-state index is 0.00455. The van der Waals surface area contributed by atoms with E-state index in [0.717, 1.165) is 19.5 Å². The molecule has 1 saturated heterocycles. The van der Waals surface area contributed by atoms with Gasteiger partial charge >= 0.3 is 0 Å². The molecule has 0 saturated carbocycles. The summed E-state index contributed by atoms with van der Waals surface area (Å²) < 4.78 is 4.99. The van der Waals surface area contributed by atoms with Crippen LogP contribution < -0.4 is 4.74 Å². The molecule has 1 aromatic carbocycles. The number of nitrogens with zero attached hydrogens (tertiary/aromatic N) is 1. The van der Waals surface area contributed by atoms with E-state index in [1.807, 2.05) is 4.90 Å². The van der Waals surface area contributed by atoms with Crippen LogP contribution in [-0.2, 0) is 0 Å². The van der Waals surface area contributed by atoms with Crippen molar-refractivity contribution in [3.8, 4) is 11.5 Å². The van der Waals surface area contributed by atoms with Crippen molar-refractivity contribution >= 4 is 5.91 Å². The third-order valence-electron chi connectivity index (χ3n) is 4.13. The molecule has 0 aliphatic carbocycles. The number of hydrogen-bond acceptors (Lipinski definition) is 3. The van der Waals surface area contributed by atoms with Gasteiger partial charge in [0.2, 0.25) is 0 Å². The van der Waals surface area contributed by atoms with Gasteiger partial charge in [-0.3, -0.25) is 4.79 Å². The molecule has 1 N–H and O–H groups in total. The lowest BCUT2D eigenvalue weighted by Crippen LogP contribution is -2.31. The maximum absolute atomic E-state index is 12.4. The molecule has 1 aliphatic heterocycles. The highest BCUT2D eigenvalue weighted by Crippen LogP contribution is 2.34. The Hall–Kier alpha value is -1.71. The topological polar surface area (TPSA) is 49.8 Å². The predicted octanol–water partition coefficient (Wildman–Crippen LogP) is 2.91. The molecule has 4 nitrogen and oxygen atoms in total. The standard InChI is InChI=1S/C16H23NO3/c1-16(2,3)12-7-8-17(10-12)15(19)11-5-6-14(20-4)13(18)9-11/h5-6,9,12,18H,7-8,10H2,1-4H3. The van der Waals surface area contributed by atoms with Crippen molar-refractivity contribution < 1.29 is 14.6 Å². The van der Waals surface area contributed by atoms with Crippen LogP contribution in [0.15, 0.2) is 18.2 Å². The van der Waals surface area contributed by atoms with Gasteiger partial charge in [-0.05, 0) is 36.0 Å². The van der Waals surface area contributed by atoms with Gasteiger partial charge < -0.3 is 14.7 Å². The molecule has 1 unspecified atom stereocenters. The second kappa shape index (κ2) is 5.35. The maximum atomic E-state index is 12.4. The van der Waals surface area contributed by atoms with Crippen molar-refractivity contribution in [2.24, 2.45) is 11.3 Å². The average Bonchev–Trinajstić information content (AvgIpc) is 2.87. The zero-order valence-corrected chi connectivity index (χ0v) is 12.6. The molecule has 1 amide bonds. The number of carbonyl (C=O) groups excluding carboxylic acids is 1. The summed E-state index contributed by atoms with van der Waals surface area (Å²) in [6, 6.07) is 4.80. The van der Waals surface area contributed by atoms with Crippen molar-refractivity contribution in [3.63, 3.8) is 0 Å². The van der Waals surface area contributed by atoms with Crippen molar-refractivity contribution in [1.82, 2.24) is 4.90 Å². The zero-order chi connectivity index (χ0) is 14.9. The van der Waals surface area contributed by atoms with Crippen molar-refractivity contribution in [2.45, 2.75) is 27.2 Å². The Labute approximate surface area is 120 Å².